The molecule has 1 amide bonds. The van der Waals surface area contributed by atoms with Crippen LogP contribution in [0.3, 0.4) is 0 Å². The van der Waals surface area contributed by atoms with E-state index in [0.717, 1.165) is 11.3 Å². The molecule has 0 aliphatic carbocycles. The van der Waals surface area contributed by atoms with Gasteiger partial charge in [0.25, 0.3) is 15.9 Å². The molecule has 0 aliphatic heterocycles. The van der Waals surface area contributed by atoms with Gasteiger partial charge in [0.1, 0.15) is 4.21 Å². The van der Waals surface area contributed by atoms with Gasteiger partial charge >= 0.3 is 5.97 Å². The number of hydrogen-bond donors (Lipinski definition) is 3. The predicted molar refractivity (Wildman–Crippen MR) is 110 cm³/mol. The molecule has 0 aliphatic rings. The molecule has 0 radical (unpaired) electrons. The van der Waals surface area contributed by atoms with Gasteiger partial charge < -0.3 is 5.11 Å². The fourth-order valence-corrected chi connectivity index (χ4v) is 4.39. The number of rotatable bonds is 7. The van der Waals surface area contributed by atoms with Crippen LogP contribution in [0.4, 0.5) is 5.69 Å². The van der Waals surface area contributed by atoms with Crippen LogP contribution in [0.15, 0.2) is 75.4 Å². The van der Waals surface area contributed by atoms with Gasteiger partial charge in [0, 0.05) is 16.8 Å². The molecule has 148 valence electrons. The SMILES string of the molecule is O=C(N/N=C\c1ccccc1C(=O)O)c1ccc(NS(=O)(=O)c2cccs2)cc1. The van der Waals surface area contributed by atoms with Gasteiger partial charge in [-0.15, -0.1) is 11.3 Å². The number of sulfonamides is 1. The molecule has 2 aromatic carbocycles. The van der Waals surface area contributed by atoms with E-state index in [1.807, 2.05) is 0 Å². The molecule has 3 aromatic rings. The van der Waals surface area contributed by atoms with Crippen LogP contribution in [0.2, 0.25) is 0 Å². The number of carboxylic acids is 1. The van der Waals surface area contributed by atoms with Crippen LogP contribution >= 0.6 is 11.3 Å². The smallest absolute Gasteiger partial charge is 0.336 e. The number of carboxylic acid groups (broad SMARTS) is 1. The fourth-order valence-electron chi connectivity index (χ4n) is 2.34. The zero-order chi connectivity index (χ0) is 20.9. The first-order chi connectivity index (χ1) is 13.9. The Balaban J connectivity index is 1.65. The van der Waals surface area contributed by atoms with Crippen LogP contribution in [-0.2, 0) is 10.0 Å². The van der Waals surface area contributed by atoms with Crippen molar-refractivity contribution in [2.45, 2.75) is 4.21 Å². The maximum atomic E-state index is 12.2. The lowest BCUT2D eigenvalue weighted by molar-refractivity contribution is 0.0696. The van der Waals surface area contributed by atoms with Crippen LogP contribution in [0.25, 0.3) is 0 Å². The average Bonchev–Trinajstić information content (AvgIpc) is 3.24. The minimum absolute atomic E-state index is 0.0628. The second-order valence-corrected chi connectivity index (χ2v) is 8.56. The van der Waals surface area contributed by atoms with Crippen molar-refractivity contribution < 1.29 is 23.1 Å². The van der Waals surface area contributed by atoms with Gasteiger partial charge in [-0.1, -0.05) is 24.3 Å². The summed E-state index contributed by atoms with van der Waals surface area (Å²) < 4.78 is 27.0. The van der Waals surface area contributed by atoms with Crippen LogP contribution in [0.5, 0.6) is 0 Å². The summed E-state index contributed by atoms with van der Waals surface area (Å²) in [6.45, 7) is 0. The van der Waals surface area contributed by atoms with E-state index in [1.54, 1.807) is 29.6 Å². The van der Waals surface area contributed by atoms with E-state index >= 15 is 0 Å². The average molecular weight is 429 g/mol. The molecule has 0 saturated heterocycles. The molecule has 0 bridgehead atoms. The number of carbonyl (C=O) groups is 2. The number of nitrogens with one attached hydrogen (secondary N) is 2. The van der Waals surface area contributed by atoms with Gasteiger partial charge in [-0.2, -0.15) is 5.10 Å². The first-order valence-electron chi connectivity index (χ1n) is 8.19. The van der Waals surface area contributed by atoms with Gasteiger partial charge in [-0.25, -0.2) is 18.6 Å². The largest absolute Gasteiger partial charge is 0.478 e. The quantitative estimate of drug-likeness (QED) is 0.393. The molecule has 0 saturated carbocycles. The molecule has 29 heavy (non-hydrogen) atoms. The first kappa shape index (κ1) is 20.2. The van der Waals surface area contributed by atoms with E-state index in [9.17, 15) is 18.0 Å². The van der Waals surface area contributed by atoms with Gasteiger partial charge in [0.05, 0.1) is 11.8 Å². The van der Waals surface area contributed by atoms with Gasteiger partial charge in [-0.3, -0.25) is 9.52 Å². The molecular formula is C19H15N3O5S2. The highest BCUT2D eigenvalue weighted by molar-refractivity contribution is 7.94. The molecule has 10 heteroatoms. The zero-order valence-corrected chi connectivity index (χ0v) is 16.4. The van der Waals surface area contributed by atoms with E-state index in [4.69, 9.17) is 5.11 Å². The predicted octanol–water partition coefficient (Wildman–Crippen LogP) is 3.01. The fraction of sp³-hybridized carbons (Fsp3) is 0. The van der Waals surface area contributed by atoms with E-state index in [1.165, 1.54) is 42.6 Å². The minimum atomic E-state index is -3.66. The molecule has 0 fully saturated rings. The van der Waals surface area contributed by atoms with Crippen molar-refractivity contribution in [2.75, 3.05) is 4.72 Å². The Kier molecular flexibility index (Phi) is 6.05. The molecule has 1 heterocycles. The van der Waals surface area contributed by atoms with Crippen molar-refractivity contribution in [3.05, 3.63) is 82.7 Å². The Morgan fingerprint density at radius 2 is 1.72 bits per heavy atom. The Morgan fingerprint density at radius 1 is 1.00 bits per heavy atom. The topological polar surface area (TPSA) is 125 Å². The molecule has 0 spiro atoms. The number of aromatic carboxylic acids is 1. The van der Waals surface area contributed by atoms with Crippen molar-refractivity contribution in [2.24, 2.45) is 5.10 Å². The summed E-state index contributed by atoms with van der Waals surface area (Å²) in [7, 11) is -3.66. The van der Waals surface area contributed by atoms with Crippen molar-refractivity contribution in [1.82, 2.24) is 5.43 Å². The summed E-state index contributed by atoms with van der Waals surface area (Å²) >= 11 is 1.10. The second-order valence-electron chi connectivity index (χ2n) is 5.71. The summed E-state index contributed by atoms with van der Waals surface area (Å²) in [5, 5.41) is 14.6. The molecule has 3 N–H and O–H groups in total. The van der Waals surface area contributed by atoms with Gasteiger partial charge in [0.2, 0.25) is 0 Å². The van der Waals surface area contributed by atoms with Crippen LogP contribution in [0, 0.1) is 0 Å². The zero-order valence-electron chi connectivity index (χ0n) is 14.8. The Hall–Kier alpha value is -3.50. The normalized spacial score (nSPS) is 11.3. The maximum Gasteiger partial charge on any atom is 0.336 e. The summed E-state index contributed by atoms with van der Waals surface area (Å²) in [5.74, 6) is -1.62. The van der Waals surface area contributed by atoms with Crippen molar-refractivity contribution >= 4 is 45.1 Å². The molecule has 3 rings (SSSR count). The third-order valence-electron chi connectivity index (χ3n) is 3.72. The van der Waals surface area contributed by atoms with Crippen LogP contribution < -0.4 is 10.1 Å². The number of amides is 1. The molecule has 0 atom stereocenters. The van der Waals surface area contributed by atoms with Crippen molar-refractivity contribution in [1.29, 1.82) is 0 Å². The molecular weight excluding hydrogens is 414 g/mol. The Labute approximate surface area is 170 Å². The lowest BCUT2D eigenvalue weighted by atomic mass is 10.1. The third kappa shape index (κ3) is 5.06. The van der Waals surface area contributed by atoms with Gasteiger partial charge in [-0.05, 0) is 41.8 Å². The molecule has 1 aromatic heterocycles. The number of hydrogen-bond acceptors (Lipinski definition) is 6. The summed E-state index contributed by atoms with van der Waals surface area (Å²) in [4.78, 5) is 23.3. The number of anilines is 1. The summed E-state index contributed by atoms with van der Waals surface area (Å²) in [6.07, 6.45) is 1.24. The molecule has 0 unspecified atom stereocenters. The number of thiophene rings is 1. The summed E-state index contributed by atoms with van der Waals surface area (Å²) in [6, 6.07) is 15.2. The highest BCUT2D eigenvalue weighted by atomic mass is 32.2. The number of benzene rings is 2. The Morgan fingerprint density at radius 3 is 2.38 bits per heavy atom. The lowest BCUT2D eigenvalue weighted by Gasteiger charge is -2.07. The van der Waals surface area contributed by atoms with E-state index < -0.39 is 21.9 Å². The third-order valence-corrected chi connectivity index (χ3v) is 6.50. The minimum Gasteiger partial charge on any atom is -0.478 e. The van der Waals surface area contributed by atoms with E-state index in [2.05, 4.69) is 15.2 Å². The first-order valence-corrected chi connectivity index (χ1v) is 10.6. The number of carbonyl (C=O) groups excluding carboxylic acids is 1. The highest BCUT2D eigenvalue weighted by Crippen LogP contribution is 2.20. The van der Waals surface area contributed by atoms with E-state index in [-0.39, 0.29) is 15.3 Å². The summed E-state index contributed by atoms with van der Waals surface area (Å²) in [5.41, 5.74) is 3.28. The lowest BCUT2D eigenvalue weighted by Crippen LogP contribution is -2.18. The standard InChI is InChI=1S/C19H15N3O5S2/c23-18(21-20-12-14-4-1-2-5-16(14)19(24)25)13-7-9-15(10-8-13)22-29(26,27)17-6-3-11-28-17/h1-12,22H,(H,21,23)(H,24,25)/b20-12-. The highest BCUT2D eigenvalue weighted by Gasteiger charge is 2.15. The van der Waals surface area contributed by atoms with Crippen molar-refractivity contribution in [3.63, 3.8) is 0 Å². The van der Waals surface area contributed by atoms with Crippen molar-refractivity contribution in [3.8, 4) is 0 Å². The monoisotopic (exact) mass is 429 g/mol. The number of nitrogens with zero attached hydrogens (tertiary/aromatic N) is 1. The molecule has 8 nitrogen and oxygen atoms in total. The van der Waals surface area contributed by atoms with E-state index in [0.29, 0.717) is 11.3 Å². The Bertz CT molecular complexity index is 1150. The van der Waals surface area contributed by atoms with Crippen LogP contribution in [0.1, 0.15) is 26.3 Å². The van der Waals surface area contributed by atoms with Gasteiger partial charge in [0.15, 0.2) is 0 Å². The second kappa shape index (κ2) is 8.67. The van der Waals surface area contributed by atoms with Crippen LogP contribution in [-0.4, -0.2) is 31.6 Å². The number of hydrazone groups is 1. The maximum absolute atomic E-state index is 12.2.